The van der Waals surface area contributed by atoms with Crippen molar-refractivity contribution in [3.8, 4) is 5.75 Å². The van der Waals surface area contributed by atoms with Gasteiger partial charge in [0.25, 0.3) is 0 Å². The average molecular weight is 407 g/mol. The Morgan fingerprint density at radius 2 is 1.97 bits per heavy atom. The lowest BCUT2D eigenvalue weighted by Gasteiger charge is -2.30. The minimum atomic E-state index is 0.0925. The molecule has 0 fully saturated rings. The van der Waals surface area contributed by atoms with Gasteiger partial charge in [0.15, 0.2) is 0 Å². The summed E-state index contributed by atoms with van der Waals surface area (Å²) in [5.74, 6) is 0.928. The van der Waals surface area contributed by atoms with Crippen molar-refractivity contribution in [2.75, 3.05) is 25.1 Å². The molecular formula is C24H26N2O2S. The number of aryl methyl sites for hydroxylation is 1. The van der Waals surface area contributed by atoms with Crippen molar-refractivity contribution >= 4 is 22.9 Å². The third-order valence-electron chi connectivity index (χ3n) is 5.46. The lowest BCUT2D eigenvalue weighted by molar-refractivity contribution is -0.121. The SMILES string of the molecule is COc1ccc(CCC(=O)NC[C@@H](c2cccs2)N2CCc3ccccc32)cc1. The molecule has 0 bridgehead atoms. The van der Waals surface area contributed by atoms with Gasteiger partial charge in [-0.15, -0.1) is 11.3 Å². The molecule has 0 saturated heterocycles. The van der Waals surface area contributed by atoms with Crippen LogP contribution in [0, 0.1) is 0 Å². The molecule has 2 heterocycles. The Bertz CT molecular complexity index is 938. The van der Waals surface area contributed by atoms with Crippen LogP contribution in [0.5, 0.6) is 5.75 Å². The third kappa shape index (κ3) is 4.62. The summed E-state index contributed by atoms with van der Waals surface area (Å²) in [7, 11) is 1.66. The summed E-state index contributed by atoms with van der Waals surface area (Å²) in [6, 6.07) is 20.9. The van der Waals surface area contributed by atoms with Gasteiger partial charge in [-0.3, -0.25) is 4.79 Å². The highest BCUT2D eigenvalue weighted by Gasteiger charge is 2.27. The predicted molar refractivity (Wildman–Crippen MR) is 119 cm³/mol. The van der Waals surface area contributed by atoms with Gasteiger partial charge in [0.2, 0.25) is 5.91 Å². The summed E-state index contributed by atoms with van der Waals surface area (Å²) >= 11 is 1.75. The van der Waals surface area contributed by atoms with Crippen LogP contribution < -0.4 is 15.0 Å². The van der Waals surface area contributed by atoms with Gasteiger partial charge >= 0.3 is 0 Å². The van der Waals surface area contributed by atoms with Gasteiger partial charge in [-0.05, 0) is 53.6 Å². The zero-order chi connectivity index (χ0) is 20.1. The molecule has 4 nitrogen and oxygen atoms in total. The number of nitrogens with one attached hydrogen (secondary N) is 1. The molecule has 0 aliphatic carbocycles. The second-order valence-corrected chi connectivity index (χ2v) is 8.23. The molecule has 0 spiro atoms. The minimum Gasteiger partial charge on any atom is -0.497 e. The van der Waals surface area contributed by atoms with Crippen LogP contribution in [0.15, 0.2) is 66.0 Å². The number of carbonyl (C=O) groups is 1. The molecule has 0 saturated carbocycles. The van der Waals surface area contributed by atoms with Gasteiger partial charge < -0.3 is 15.0 Å². The van der Waals surface area contributed by atoms with Crippen LogP contribution in [-0.2, 0) is 17.6 Å². The van der Waals surface area contributed by atoms with E-state index in [1.165, 1.54) is 16.1 Å². The number of nitrogens with zero attached hydrogens (tertiary/aromatic N) is 1. The fourth-order valence-electron chi connectivity index (χ4n) is 3.88. The molecule has 3 aromatic rings. The number of fused-ring (bicyclic) bond motifs is 1. The second kappa shape index (κ2) is 9.14. The molecule has 150 valence electrons. The van der Waals surface area contributed by atoms with E-state index in [9.17, 15) is 4.79 Å². The van der Waals surface area contributed by atoms with Crippen LogP contribution in [0.1, 0.15) is 28.5 Å². The summed E-state index contributed by atoms with van der Waals surface area (Å²) in [5, 5.41) is 5.28. The lowest BCUT2D eigenvalue weighted by atomic mass is 10.1. The monoisotopic (exact) mass is 406 g/mol. The summed E-state index contributed by atoms with van der Waals surface area (Å²) in [6.07, 6.45) is 2.27. The summed E-state index contributed by atoms with van der Waals surface area (Å²) in [4.78, 5) is 16.2. The Morgan fingerprint density at radius 3 is 2.72 bits per heavy atom. The van der Waals surface area contributed by atoms with Gasteiger partial charge in [0, 0.05) is 30.1 Å². The van der Waals surface area contributed by atoms with E-state index in [1.54, 1.807) is 18.4 Å². The lowest BCUT2D eigenvalue weighted by Crippen LogP contribution is -2.37. The molecule has 0 unspecified atom stereocenters. The largest absolute Gasteiger partial charge is 0.497 e. The zero-order valence-corrected chi connectivity index (χ0v) is 17.5. The first-order valence-electron chi connectivity index (χ1n) is 10.0. The molecule has 4 rings (SSSR count). The highest BCUT2D eigenvalue weighted by molar-refractivity contribution is 7.10. The standard InChI is InChI=1S/C24H26N2O2S/c1-28-20-11-8-18(9-12-20)10-13-24(27)25-17-22(23-7-4-16-29-23)26-15-14-19-5-2-3-6-21(19)26/h2-9,11-12,16,22H,10,13-15,17H2,1H3,(H,25,27)/t22-/m0/s1. The number of hydrogen-bond donors (Lipinski definition) is 1. The number of hydrogen-bond acceptors (Lipinski definition) is 4. The summed E-state index contributed by atoms with van der Waals surface area (Å²) in [5.41, 5.74) is 3.82. The van der Waals surface area contributed by atoms with Crippen molar-refractivity contribution in [1.29, 1.82) is 0 Å². The normalized spacial score (nSPS) is 13.8. The number of methoxy groups -OCH3 is 1. The molecule has 2 aromatic carbocycles. The van der Waals surface area contributed by atoms with Crippen molar-refractivity contribution in [3.63, 3.8) is 0 Å². The fraction of sp³-hybridized carbons (Fsp3) is 0.292. The van der Waals surface area contributed by atoms with Crippen molar-refractivity contribution in [2.45, 2.75) is 25.3 Å². The van der Waals surface area contributed by atoms with E-state index < -0.39 is 0 Å². The average Bonchev–Trinajstić information content (AvgIpc) is 3.44. The highest BCUT2D eigenvalue weighted by Crippen LogP contribution is 2.36. The topological polar surface area (TPSA) is 41.6 Å². The zero-order valence-electron chi connectivity index (χ0n) is 16.6. The molecule has 1 aromatic heterocycles. The van der Waals surface area contributed by atoms with Crippen LogP contribution in [-0.4, -0.2) is 26.1 Å². The number of rotatable bonds is 8. The molecular weight excluding hydrogens is 380 g/mol. The Hall–Kier alpha value is -2.79. The van der Waals surface area contributed by atoms with E-state index in [-0.39, 0.29) is 11.9 Å². The predicted octanol–water partition coefficient (Wildman–Crippen LogP) is 4.61. The summed E-state index contributed by atoms with van der Waals surface area (Å²) < 4.78 is 5.19. The number of benzene rings is 2. The quantitative estimate of drug-likeness (QED) is 0.594. The fourth-order valence-corrected chi connectivity index (χ4v) is 4.72. The number of para-hydroxylation sites is 1. The Kier molecular flexibility index (Phi) is 6.15. The van der Waals surface area contributed by atoms with Crippen molar-refractivity contribution in [1.82, 2.24) is 5.32 Å². The second-order valence-electron chi connectivity index (χ2n) is 7.26. The first-order valence-corrected chi connectivity index (χ1v) is 10.9. The third-order valence-corrected chi connectivity index (χ3v) is 6.44. The van der Waals surface area contributed by atoms with Crippen molar-refractivity contribution < 1.29 is 9.53 Å². The first kappa shape index (κ1) is 19.5. The van der Waals surface area contributed by atoms with E-state index >= 15 is 0 Å². The molecule has 0 radical (unpaired) electrons. The van der Waals surface area contributed by atoms with Crippen LogP contribution >= 0.6 is 11.3 Å². The first-order chi connectivity index (χ1) is 14.2. The maximum Gasteiger partial charge on any atom is 0.220 e. The van der Waals surface area contributed by atoms with E-state index in [1.807, 2.05) is 24.3 Å². The van der Waals surface area contributed by atoms with Gasteiger partial charge in [0.1, 0.15) is 5.75 Å². The maximum absolute atomic E-state index is 12.5. The molecule has 1 aliphatic rings. The number of ether oxygens (including phenoxy) is 1. The molecule has 1 aliphatic heterocycles. The van der Waals surface area contributed by atoms with Gasteiger partial charge in [-0.2, -0.15) is 0 Å². The van der Waals surface area contributed by atoms with Gasteiger partial charge in [-0.1, -0.05) is 36.4 Å². The Balaban J connectivity index is 1.38. The van der Waals surface area contributed by atoms with E-state index in [4.69, 9.17) is 4.74 Å². The smallest absolute Gasteiger partial charge is 0.220 e. The number of anilines is 1. The maximum atomic E-state index is 12.5. The van der Waals surface area contributed by atoms with E-state index in [2.05, 4.69) is 52.0 Å². The molecule has 1 atom stereocenters. The van der Waals surface area contributed by atoms with Crippen LogP contribution in [0.4, 0.5) is 5.69 Å². The van der Waals surface area contributed by atoms with Gasteiger partial charge in [0.05, 0.1) is 13.2 Å². The Labute approximate surface area is 176 Å². The van der Waals surface area contributed by atoms with Crippen molar-refractivity contribution in [2.24, 2.45) is 0 Å². The number of amides is 1. The molecule has 29 heavy (non-hydrogen) atoms. The molecule has 5 heteroatoms. The van der Waals surface area contributed by atoms with Crippen LogP contribution in [0.25, 0.3) is 0 Å². The minimum absolute atomic E-state index is 0.0925. The van der Waals surface area contributed by atoms with Crippen molar-refractivity contribution in [3.05, 3.63) is 82.0 Å². The number of thiophene rings is 1. The van der Waals surface area contributed by atoms with E-state index in [0.717, 1.165) is 30.7 Å². The highest BCUT2D eigenvalue weighted by atomic mass is 32.1. The van der Waals surface area contributed by atoms with Gasteiger partial charge in [-0.25, -0.2) is 0 Å². The Morgan fingerprint density at radius 1 is 1.14 bits per heavy atom. The molecule has 1 N–H and O–H groups in total. The van der Waals surface area contributed by atoms with Crippen LogP contribution in [0.2, 0.25) is 0 Å². The summed E-state index contributed by atoms with van der Waals surface area (Å²) in [6.45, 7) is 1.61. The molecule has 1 amide bonds. The van der Waals surface area contributed by atoms with E-state index in [0.29, 0.717) is 13.0 Å². The van der Waals surface area contributed by atoms with Crippen LogP contribution in [0.3, 0.4) is 0 Å². The number of carbonyl (C=O) groups excluding carboxylic acids is 1.